The first-order valence-corrected chi connectivity index (χ1v) is 5.50. The van der Waals surface area contributed by atoms with Crippen LogP contribution >= 0.6 is 0 Å². The van der Waals surface area contributed by atoms with Crippen molar-refractivity contribution in [2.75, 3.05) is 0 Å². The quantitative estimate of drug-likeness (QED) is 0.489. The van der Waals surface area contributed by atoms with Gasteiger partial charge in [0.15, 0.2) is 0 Å². The molecule has 1 atom stereocenters. The number of unbranched alkanes of at least 4 members (excludes halogenated alkanes) is 1. The summed E-state index contributed by atoms with van der Waals surface area (Å²) in [5, 5.41) is 0. The maximum absolute atomic E-state index is 2.37. The number of allylic oxidation sites excluding steroid dienone is 2. The van der Waals surface area contributed by atoms with Crippen LogP contribution in [0.3, 0.4) is 0 Å². The molecule has 0 aliphatic carbocycles. The van der Waals surface area contributed by atoms with Crippen LogP contribution in [0.1, 0.15) is 59.3 Å². The van der Waals surface area contributed by atoms with E-state index < -0.39 is 0 Å². The van der Waals surface area contributed by atoms with Crippen LogP contribution in [0.5, 0.6) is 0 Å². The third kappa shape index (κ3) is 6.45. The van der Waals surface area contributed by atoms with E-state index in [0.717, 1.165) is 5.92 Å². The molecule has 0 aromatic rings. The average Bonchev–Trinajstić information content (AvgIpc) is 2.10. The van der Waals surface area contributed by atoms with Gasteiger partial charge in [0.05, 0.1) is 0 Å². The zero-order valence-electron chi connectivity index (χ0n) is 8.97. The van der Waals surface area contributed by atoms with Crippen molar-refractivity contribution in [3.05, 3.63) is 12.2 Å². The van der Waals surface area contributed by atoms with Crippen molar-refractivity contribution < 1.29 is 0 Å². The highest BCUT2D eigenvalue weighted by Crippen LogP contribution is 2.15. The van der Waals surface area contributed by atoms with Crippen LogP contribution in [-0.2, 0) is 0 Å². The first kappa shape index (κ1) is 11.7. The van der Waals surface area contributed by atoms with Crippen LogP contribution in [-0.4, -0.2) is 0 Å². The number of hydrogen-bond acceptors (Lipinski definition) is 0. The first-order valence-electron chi connectivity index (χ1n) is 5.50. The predicted octanol–water partition coefficient (Wildman–Crippen LogP) is 4.56. The van der Waals surface area contributed by atoms with Crippen molar-refractivity contribution in [2.45, 2.75) is 59.3 Å². The Kier molecular flexibility index (Phi) is 8.64. The van der Waals surface area contributed by atoms with Gasteiger partial charge in [0.2, 0.25) is 0 Å². The van der Waals surface area contributed by atoms with Gasteiger partial charge in [-0.3, -0.25) is 0 Å². The molecule has 0 saturated carbocycles. The van der Waals surface area contributed by atoms with Crippen molar-refractivity contribution in [3.63, 3.8) is 0 Å². The molecule has 0 aromatic carbocycles. The molecule has 0 amide bonds. The SMILES string of the molecule is CCC/C=C/CC(CC)CCC. The zero-order valence-corrected chi connectivity index (χ0v) is 8.97. The second-order valence-electron chi connectivity index (χ2n) is 3.56. The number of hydrogen-bond donors (Lipinski definition) is 0. The molecule has 12 heavy (non-hydrogen) atoms. The van der Waals surface area contributed by atoms with E-state index in [1.807, 2.05) is 0 Å². The molecule has 0 fully saturated rings. The van der Waals surface area contributed by atoms with Crippen LogP contribution < -0.4 is 0 Å². The van der Waals surface area contributed by atoms with E-state index in [-0.39, 0.29) is 0 Å². The second-order valence-corrected chi connectivity index (χ2v) is 3.56. The fourth-order valence-electron chi connectivity index (χ4n) is 1.47. The third-order valence-electron chi connectivity index (χ3n) is 2.37. The Labute approximate surface area is 78.1 Å². The fraction of sp³-hybridized carbons (Fsp3) is 0.833. The molecule has 0 saturated heterocycles. The molecule has 1 unspecified atom stereocenters. The van der Waals surface area contributed by atoms with E-state index in [1.165, 1.54) is 38.5 Å². The van der Waals surface area contributed by atoms with Gasteiger partial charge in [-0.05, 0) is 18.8 Å². The molecule has 0 aliphatic heterocycles. The van der Waals surface area contributed by atoms with E-state index in [4.69, 9.17) is 0 Å². The molecule has 0 heterocycles. The van der Waals surface area contributed by atoms with Crippen LogP contribution in [0.15, 0.2) is 12.2 Å². The molecule has 0 aromatic heterocycles. The van der Waals surface area contributed by atoms with Gasteiger partial charge >= 0.3 is 0 Å². The molecule has 0 radical (unpaired) electrons. The van der Waals surface area contributed by atoms with Gasteiger partial charge in [0.1, 0.15) is 0 Å². The molecule has 0 heteroatoms. The van der Waals surface area contributed by atoms with E-state index in [9.17, 15) is 0 Å². The second kappa shape index (κ2) is 8.83. The summed E-state index contributed by atoms with van der Waals surface area (Å²) < 4.78 is 0. The maximum atomic E-state index is 2.37. The average molecular weight is 168 g/mol. The molecule has 72 valence electrons. The lowest BCUT2D eigenvalue weighted by atomic mass is 9.97. The summed E-state index contributed by atoms with van der Waals surface area (Å²) in [6, 6.07) is 0. The Morgan fingerprint density at radius 3 is 2.25 bits per heavy atom. The normalized spacial score (nSPS) is 13.9. The van der Waals surface area contributed by atoms with Crippen molar-refractivity contribution in [1.82, 2.24) is 0 Å². The minimum absolute atomic E-state index is 0.933. The molecule has 0 rings (SSSR count). The number of rotatable bonds is 7. The molecule has 0 nitrogen and oxygen atoms in total. The summed E-state index contributed by atoms with van der Waals surface area (Å²) in [5.74, 6) is 0.933. The van der Waals surface area contributed by atoms with Gasteiger partial charge in [-0.25, -0.2) is 0 Å². The standard InChI is InChI=1S/C12H24/c1-4-7-8-9-11-12(6-3)10-5-2/h8-9,12H,4-7,10-11H2,1-3H3/b9-8+. The minimum atomic E-state index is 0.933. The highest BCUT2D eigenvalue weighted by molar-refractivity contribution is 4.83. The summed E-state index contributed by atoms with van der Waals surface area (Å²) in [6.45, 7) is 6.81. The molecule has 0 bridgehead atoms. The smallest absolute Gasteiger partial charge is 0.0322 e. The van der Waals surface area contributed by atoms with Crippen molar-refractivity contribution in [2.24, 2.45) is 5.92 Å². The zero-order chi connectivity index (χ0) is 9.23. The van der Waals surface area contributed by atoms with E-state index in [2.05, 4.69) is 32.9 Å². The Morgan fingerprint density at radius 1 is 1.00 bits per heavy atom. The third-order valence-corrected chi connectivity index (χ3v) is 2.37. The van der Waals surface area contributed by atoms with Crippen LogP contribution in [0.25, 0.3) is 0 Å². The Balaban J connectivity index is 3.42. The first-order chi connectivity index (χ1) is 5.85. The highest BCUT2D eigenvalue weighted by Gasteiger charge is 2.00. The van der Waals surface area contributed by atoms with Crippen LogP contribution in [0, 0.1) is 5.92 Å². The van der Waals surface area contributed by atoms with Crippen molar-refractivity contribution >= 4 is 0 Å². The molecular weight excluding hydrogens is 144 g/mol. The summed E-state index contributed by atoms with van der Waals surface area (Å²) in [5.41, 5.74) is 0. The molecular formula is C12H24. The van der Waals surface area contributed by atoms with Gasteiger partial charge in [-0.15, -0.1) is 0 Å². The summed E-state index contributed by atoms with van der Waals surface area (Å²) in [4.78, 5) is 0. The highest BCUT2D eigenvalue weighted by atomic mass is 14.1. The Morgan fingerprint density at radius 2 is 1.75 bits per heavy atom. The predicted molar refractivity (Wildman–Crippen MR) is 57.4 cm³/mol. The Bertz CT molecular complexity index is 103. The van der Waals surface area contributed by atoms with Gasteiger partial charge in [0.25, 0.3) is 0 Å². The van der Waals surface area contributed by atoms with E-state index in [0.29, 0.717) is 0 Å². The summed E-state index contributed by atoms with van der Waals surface area (Å²) >= 11 is 0. The van der Waals surface area contributed by atoms with Crippen molar-refractivity contribution in [1.29, 1.82) is 0 Å². The summed E-state index contributed by atoms with van der Waals surface area (Å²) in [7, 11) is 0. The van der Waals surface area contributed by atoms with Crippen molar-refractivity contribution in [3.8, 4) is 0 Å². The van der Waals surface area contributed by atoms with Gasteiger partial charge in [0, 0.05) is 0 Å². The van der Waals surface area contributed by atoms with E-state index >= 15 is 0 Å². The Hall–Kier alpha value is -0.260. The van der Waals surface area contributed by atoms with E-state index in [1.54, 1.807) is 0 Å². The van der Waals surface area contributed by atoms with Crippen LogP contribution in [0.2, 0.25) is 0 Å². The lowest BCUT2D eigenvalue weighted by Gasteiger charge is -2.09. The topological polar surface area (TPSA) is 0 Å². The lowest BCUT2D eigenvalue weighted by molar-refractivity contribution is 0.470. The van der Waals surface area contributed by atoms with Gasteiger partial charge in [-0.2, -0.15) is 0 Å². The summed E-state index contributed by atoms with van der Waals surface area (Å²) in [6.07, 6.45) is 12.6. The minimum Gasteiger partial charge on any atom is -0.0885 e. The van der Waals surface area contributed by atoms with Gasteiger partial charge < -0.3 is 0 Å². The van der Waals surface area contributed by atoms with Crippen LogP contribution in [0.4, 0.5) is 0 Å². The molecule has 0 aliphatic rings. The lowest BCUT2D eigenvalue weighted by Crippen LogP contribution is -1.95. The monoisotopic (exact) mass is 168 g/mol. The van der Waals surface area contributed by atoms with Gasteiger partial charge in [-0.1, -0.05) is 58.6 Å². The largest absolute Gasteiger partial charge is 0.0885 e. The fourth-order valence-corrected chi connectivity index (χ4v) is 1.47. The molecule has 0 spiro atoms. The molecule has 0 N–H and O–H groups in total. The maximum Gasteiger partial charge on any atom is -0.0322 e.